The first-order valence-electron chi connectivity index (χ1n) is 2.43. The van der Waals surface area contributed by atoms with E-state index in [2.05, 4.69) is 22.6 Å². The van der Waals surface area contributed by atoms with E-state index in [9.17, 15) is 4.79 Å². The van der Waals surface area contributed by atoms with Crippen LogP contribution >= 0.6 is 0 Å². The summed E-state index contributed by atoms with van der Waals surface area (Å²) in [6.07, 6.45) is 0. The summed E-state index contributed by atoms with van der Waals surface area (Å²) in [5.74, 6) is 0. The van der Waals surface area contributed by atoms with Crippen LogP contribution in [0.2, 0.25) is 0 Å². The largest absolute Gasteiger partial charge is 0.742 e. The Morgan fingerprint density at radius 2 is 1.85 bits per heavy atom. The smallest absolute Gasteiger partial charge is 0.249 e. The molecule has 1 rings (SSSR count). The van der Waals surface area contributed by atoms with Gasteiger partial charge in [-0.2, -0.15) is 0 Å². The third-order valence-corrected chi connectivity index (χ3v) is 1.04. The second-order valence-corrected chi connectivity index (χ2v) is 2.08. The van der Waals surface area contributed by atoms with Crippen LogP contribution in [0, 0.1) is 6.92 Å². The molecule has 0 spiro atoms. The van der Waals surface area contributed by atoms with Crippen LogP contribution in [0.5, 0.6) is 0 Å². The van der Waals surface area contributed by atoms with Crippen molar-refractivity contribution in [1.29, 1.82) is 0 Å². The van der Waals surface area contributed by atoms with Gasteiger partial charge in [0.2, 0.25) is 5.56 Å². The maximum Gasteiger partial charge on any atom is 0.249 e. The van der Waals surface area contributed by atoms with Crippen LogP contribution in [-0.2, 0) is 12.6 Å². The molecule has 0 bridgehead atoms. The normalized spacial score (nSPS) is 6.54. The van der Waals surface area contributed by atoms with E-state index in [0.717, 1.165) is 0 Å². The second-order valence-electron chi connectivity index (χ2n) is 1.69. The molecule has 0 unspecified atom stereocenters. The van der Waals surface area contributed by atoms with Gasteiger partial charge in [0.15, 0.2) is 0 Å². The molecule has 1 radical (unpaired) electrons. The van der Waals surface area contributed by atoms with Gasteiger partial charge < -0.3 is 34.0 Å². The first-order chi connectivity index (χ1) is 4.18. The fourth-order valence-corrected chi connectivity index (χ4v) is 0.796. The molecule has 0 aliphatic carbocycles. The Kier molecular flexibility index (Phi) is 17.9. The monoisotopic (exact) mass is 218 g/mol. The zero-order chi connectivity index (χ0) is 6.85. The SMILES string of the molecule is Cc1cc(=O)[nH]c([S-])n1.O.O.O.[Na]. The van der Waals surface area contributed by atoms with E-state index in [-0.39, 0.29) is 56.7 Å². The number of rotatable bonds is 0. The van der Waals surface area contributed by atoms with Crippen molar-refractivity contribution in [2.24, 2.45) is 0 Å². The number of H-pyrrole nitrogens is 1. The molecule has 0 aliphatic rings. The zero-order valence-electron chi connectivity index (χ0n) is 7.34. The molecule has 1 aromatic rings. The summed E-state index contributed by atoms with van der Waals surface area (Å²) in [6.45, 7) is 1.73. The number of hydrogen-bond donors (Lipinski definition) is 1. The van der Waals surface area contributed by atoms with Crippen LogP contribution in [0.3, 0.4) is 0 Å². The number of aryl methyl sites for hydroxylation is 1. The Morgan fingerprint density at radius 3 is 2.15 bits per heavy atom. The molecule has 0 amide bonds. The van der Waals surface area contributed by atoms with Crippen LogP contribution in [0.1, 0.15) is 5.69 Å². The van der Waals surface area contributed by atoms with E-state index in [1.807, 2.05) is 0 Å². The Morgan fingerprint density at radius 1 is 1.38 bits per heavy atom. The molecule has 0 saturated carbocycles. The average Bonchev–Trinajstić information content (AvgIpc) is 1.59. The standard InChI is InChI=1S/C5H6N2OS.Na.3H2O/c1-3-2-4(8)7-5(9)6-3;;;;/h2H,1H3,(H2,6,7,8,9);;3*1H2/p-1. The van der Waals surface area contributed by atoms with Gasteiger partial charge in [-0.1, -0.05) is 0 Å². The number of nitrogens with zero attached hydrogens (tertiary/aromatic N) is 1. The number of hydrogen-bond acceptors (Lipinski definition) is 3. The molecular formula is C5H11N2NaO4S-. The van der Waals surface area contributed by atoms with E-state index < -0.39 is 0 Å². The fraction of sp³-hybridized carbons (Fsp3) is 0.200. The summed E-state index contributed by atoms with van der Waals surface area (Å²) < 4.78 is 0. The van der Waals surface area contributed by atoms with Gasteiger partial charge in [-0.15, -0.1) is 0 Å². The minimum atomic E-state index is -0.187. The average molecular weight is 218 g/mol. The van der Waals surface area contributed by atoms with Gasteiger partial charge in [0, 0.05) is 41.3 Å². The first-order valence-corrected chi connectivity index (χ1v) is 2.84. The number of aromatic nitrogens is 2. The minimum Gasteiger partial charge on any atom is -0.742 e. The van der Waals surface area contributed by atoms with Gasteiger partial charge in [-0.3, -0.25) is 9.78 Å². The molecule has 13 heavy (non-hydrogen) atoms. The summed E-state index contributed by atoms with van der Waals surface area (Å²) in [5.41, 5.74) is 0.469. The molecule has 7 N–H and O–H groups in total. The van der Waals surface area contributed by atoms with Crippen molar-refractivity contribution in [2.75, 3.05) is 0 Å². The molecule has 6 nitrogen and oxygen atoms in total. The molecule has 73 valence electrons. The van der Waals surface area contributed by atoms with Gasteiger partial charge in [0.05, 0.1) is 0 Å². The molecule has 1 aromatic heterocycles. The predicted molar refractivity (Wildman–Crippen MR) is 51.8 cm³/mol. The minimum absolute atomic E-state index is 0. The fourth-order valence-electron chi connectivity index (χ4n) is 0.552. The summed E-state index contributed by atoms with van der Waals surface area (Å²) >= 11 is 4.62. The molecule has 0 saturated heterocycles. The Labute approximate surface area is 102 Å². The second kappa shape index (κ2) is 10.1. The quantitative estimate of drug-likeness (QED) is 0.284. The van der Waals surface area contributed by atoms with E-state index in [1.54, 1.807) is 6.92 Å². The Balaban J connectivity index is -0.000000101. The van der Waals surface area contributed by atoms with Crippen molar-refractivity contribution in [1.82, 2.24) is 9.97 Å². The van der Waals surface area contributed by atoms with Crippen LogP contribution < -0.4 is 5.56 Å². The molecular weight excluding hydrogens is 207 g/mol. The van der Waals surface area contributed by atoms with Crippen LogP contribution in [0.4, 0.5) is 0 Å². The van der Waals surface area contributed by atoms with Crippen molar-refractivity contribution in [3.8, 4) is 0 Å². The van der Waals surface area contributed by atoms with Crippen molar-refractivity contribution >= 4 is 42.2 Å². The van der Waals surface area contributed by atoms with Gasteiger partial charge in [-0.05, 0) is 12.1 Å². The van der Waals surface area contributed by atoms with Crippen LogP contribution in [0.25, 0.3) is 0 Å². The molecule has 1 heterocycles. The van der Waals surface area contributed by atoms with E-state index in [4.69, 9.17) is 0 Å². The molecule has 8 heteroatoms. The molecule has 0 aliphatic heterocycles. The summed E-state index contributed by atoms with van der Waals surface area (Å²) in [7, 11) is 0. The number of aromatic amines is 1. The predicted octanol–water partition coefficient (Wildman–Crippen LogP) is -2.87. The zero-order valence-corrected chi connectivity index (χ0v) is 10.2. The van der Waals surface area contributed by atoms with Gasteiger partial charge >= 0.3 is 0 Å². The molecule has 0 atom stereocenters. The third-order valence-electron chi connectivity index (χ3n) is 0.848. The Hall–Kier alpha value is -0.0200. The first kappa shape index (κ1) is 23.1. The summed E-state index contributed by atoms with van der Waals surface area (Å²) in [6, 6.07) is 1.40. The Bertz CT molecular complexity index is 256. The van der Waals surface area contributed by atoms with Gasteiger partial charge in [-0.25, -0.2) is 0 Å². The van der Waals surface area contributed by atoms with Crippen molar-refractivity contribution in [3.05, 3.63) is 22.1 Å². The maximum absolute atomic E-state index is 10.5. The topological polar surface area (TPSA) is 140 Å². The summed E-state index contributed by atoms with van der Waals surface area (Å²) in [4.78, 5) is 16.7. The van der Waals surface area contributed by atoms with E-state index >= 15 is 0 Å². The van der Waals surface area contributed by atoms with Gasteiger partial charge in [0.25, 0.3) is 0 Å². The summed E-state index contributed by atoms with van der Waals surface area (Å²) in [5, 5.41) is 0.250. The van der Waals surface area contributed by atoms with Crippen molar-refractivity contribution in [3.63, 3.8) is 0 Å². The molecule has 0 aromatic carbocycles. The van der Waals surface area contributed by atoms with Gasteiger partial charge in [0.1, 0.15) is 0 Å². The van der Waals surface area contributed by atoms with Crippen LogP contribution in [-0.4, -0.2) is 56.0 Å². The van der Waals surface area contributed by atoms with Crippen LogP contribution in [0.15, 0.2) is 16.0 Å². The van der Waals surface area contributed by atoms with E-state index in [0.29, 0.717) is 5.69 Å². The number of nitrogens with one attached hydrogen (secondary N) is 1. The maximum atomic E-state index is 10.5. The van der Waals surface area contributed by atoms with E-state index in [1.165, 1.54) is 6.07 Å². The third kappa shape index (κ3) is 8.31. The molecule has 0 fully saturated rings. The van der Waals surface area contributed by atoms with Crippen molar-refractivity contribution < 1.29 is 16.4 Å². The van der Waals surface area contributed by atoms with Crippen molar-refractivity contribution in [2.45, 2.75) is 12.1 Å².